The van der Waals surface area contributed by atoms with Crippen molar-refractivity contribution in [3.63, 3.8) is 0 Å². The lowest BCUT2D eigenvalue weighted by Gasteiger charge is -1.99. The van der Waals surface area contributed by atoms with Crippen molar-refractivity contribution in [1.29, 1.82) is 0 Å². The van der Waals surface area contributed by atoms with Crippen LogP contribution in [0.5, 0.6) is 0 Å². The van der Waals surface area contributed by atoms with Crippen LogP contribution in [0.1, 0.15) is 5.76 Å². The largest absolute Gasteiger partial charge is 0.455 e. The third-order valence-corrected chi connectivity index (χ3v) is 4.04. The smallest absolute Gasteiger partial charge is 0.263 e. The van der Waals surface area contributed by atoms with Gasteiger partial charge in [-0.2, -0.15) is 9.90 Å². The van der Waals surface area contributed by atoms with Gasteiger partial charge in [0.25, 0.3) is 5.91 Å². The van der Waals surface area contributed by atoms with Crippen LogP contribution in [0.3, 0.4) is 0 Å². The van der Waals surface area contributed by atoms with Crippen LogP contribution in [0.25, 0.3) is 22.7 Å². The normalized spacial score (nSPS) is 11.2. The van der Waals surface area contributed by atoms with Gasteiger partial charge in [0.15, 0.2) is 0 Å². The van der Waals surface area contributed by atoms with Crippen LogP contribution in [-0.2, 0) is 11.3 Å². The van der Waals surface area contributed by atoms with Crippen LogP contribution in [0, 0.1) is 17.5 Å². The number of carbonyl (C=O) groups excluding carboxylic acids is 1. The van der Waals surface area contributed by atoms with E-state index in [2.05, 4.69) is 25.9 Å². The Labute approximate surface area is 173 Å². The van der Waals surface area contributed by atoms with Crippen molar-refractivity contribution in [2.45, 2.75) is 6.54 Å². The van der Waals surface area contributed by atoms with Gasteiger partial charge in [0.2, 0.25) is 5.82 Å². The van der Waals surface area contributed by atoms with E-state index in [1.54, 1.807) is 0 Å². The van der Waals surface area contributed by atoms with Gasteiger partial charge in [0.1, 0.15) is 35.5 Å². The maximum Gasteiger partial charge on any atom is 0.263 e. The van der Waals surface area contributed by atoms with Gasteiger partial charge in [0.05, 0.1) is 11.8 Å². The predicted octanol–water partition coefficient (Wildman–Crippen LogP) is 3.17. The monoisotopic (exact) mass is 426 g/mol. The Kier molecular flexibility index (Phi) is 5.56. The Balaban J connectivity index is 1.34. The summed E-state index contributed by atoms with van der Waals surface area (Å²) in [7, 11) is 0. The summed E-state index contributed by atoms with van der Waals surface area (Å²) >= 11 is 0. The molecule has 31 heavy (non-hydrogen) atoms. The lowest BCUT2D eigenvalue weighted by molar-refractivity contribution is -0.122. The van der Waals surface area contributed by atoms with Gasteiger partial charge in [-0.1, -0.05) is 0 Å². The summed E-state index contributed by atoms with van der Waals surface area (Å²) in [4.78, 5) is 13.0. The van der Waals surface area contributed by atoms with Gasteiger partial charge < -0.3 is 4.42 Å². The zero-order valence-electron chi connectivity index (χ0n) is 15.7. The molecule has 4 aromatic rings. The number of nitrogens with zero attached hydrogens (tertiary/aromatic N) is 5. The minimum atomic E-state index is -0.758. The molecule has 156 valence electrons. The molecule has 11 heteroatoms. The number of benzene rings is 2. The quantitative estimate of drug-likeness (QED) is 0.377. The summed E-state index contributed by atoms with van der Waals surface area (Å²) < 4.78 is 45.2. The van der Waals surface area contributed by atoms with E-state index in [0.717, 1.165) is 16.9 Å². The standard InChI is InChI=1S/C20H13F3N6O2/c21-13-3-1-12(2-4-13)20-26-28-29(27-20)11-19(30)25-24-10-15-6-8-18(31-15)16-7-5-14(22)9-17(16)23/h1-10H,11H2,(H,25,30)/b24-10-. The number of carbonyl (C=O) groups is 1. The molecule has 0 aliphatic rings. The lowest BCUT2D eigenvalue weighted by atomic mass is 10.1. The summed E-state index contributed by atoms with van der Waals surface area (Å²) in [5.74, 6) is -1.69. The first-order chi connectivity index (χ1) is 15.0. The molecule has 8 nitrogen and oxygen atoms in total. The van der Waals surface area contributed by atoms with Crippen LogP contribution in [0.2, 0.25) is 0 Å². The van der Waals surface area contributed by atoms with E-state index < -0.39 is 17.5 Å². The van der Waals surface area contributed by atoms with Gasteiger partial charge in [-0.05, 0) is 53.7 Å². The molecule has 0 atom stereocenters. The molecule has 0 unspecified atom stereocenters. The van der Waals surface area contributed by atoms with Crippen LogP contribution in [0.15, 0.2) is 64.1 Å². The molecule has 1 N–H and O–H groups in total. The Morgan fingerprint density at radius 2 is 1.84 bits per heavy atom. The third-order valence-electron chi connectivity index (χ3n) is 4.04. The van der Waals surface area contributed by atoms with E-state index >= 15 is 0 Å². The van der Waals surface area contributed by atoms with Crippen molar-refractivity contribution < 1.29 is 22.4 Å². The summed E-state index contributed by atoms with van der Waals surface area (Å²) in [6.07, 6.45) is 1.22. The van der Waals surface area contributed by atoms with Gasteiger partial charge in [-0.25, -0.2) is 18.6 Å². The Morgan fingerprint density at radius 3 is 2.61 bits per heavy atom. The van der Waals surface area contributed by atoms with E-state index in [1.807, 2.05) is 0 Å². The number of furan rings is 1. The lowest BCUT2D eigenvalue weighted by Crippen LogP contribution is -2.24. The third kappa shape index (κ3) is 4.83. The number of hydrogen-bond donors (Lipinski definition) is 1. The summed E-state index contributed by atoms with van der Waals surface area (Å²) in [6.45, 7) is -0.254. The summed E-state index contributed by atoms with van der Waals surface area (Å²) in [6, 6.07) is 11.7. The molecule has 4 rings (SSSR count). The number of aromatic nitrogens is 4. The minimum absolute atomic E-state index is 0.0966. The fourth-order valence-corrected chi connectivity index (χ4v) is 2.61. The molecular weight excluding hydrogens is 413 g/mol. The molecule has 0 bridgehead atoms. The number of hydrogen-bond acceptors (Lipinski definition) is 6. The topological polar surface area (TPSA) is 98.2 Å². The van der Waals surface area contributed by atoms with Crippen LogP contribution in [0.4, 0.5) is 13.2 Å². The molecule has 2 heterocycles. The average Bonchev–Trinajstić information content (AvgIpc) is 3.38. The molecule has 0 aliphatic heterocycles. The highest BCUT2D eigenvalue weighted by Crippen LogP contribution is 2.25. The minimum Gasteiger partial charge on any atom is -0.455 e. The number of halogens is 3. The zero-order chi connectivity index (χ0) is 21.8. The van der Waals surface area contributed by atoms with E-state index in [1.165, 1.54) is 48.7 Å². The maximum absolute atomic E-state index is 13.8. The molecule has 0 fully saturated rings. The molecule has 1 amide bonds. The van der Waals surface area contributed by atoms with Crippen LogP contribution < -0.4 is 5.43 Å². The summed E-state index contributed by atoms with van der Waals surface area (Å²) in [5, 5.41) is 15.4. The number of nitrogens with one attached hydrogen (secondary N) is 1. The number of hydrazone groups is 1. The van der Waals surface area contributed by atoms with Gasteiger partial charge in [0, 0.05) is 11.6 Å². The number of amides is 1. The highest BCUT2D eigenvalue weighted by molar-refractivity contribution is 5.80. The molecule has 0 saturated carbocycles. The molecule has 0 aliphatic carbocycles. The van der Waals surface area contributed by atoms with Crippen LogP contribution in [-0.4, -0.2) is 32.3 Å². The van der Waals surface area contributed by atoms with E-state index in [-0.39, 0.29) is 35.3 Å². The van der Waals surface area contributed by atoms with Gasteiger partial charge >= 0.3 is 0 Å². The molecule has 0 radical (unpaired) electrons. The highest BCUT2D eigenvalue weighted by Gasteiger charge is 2.11. The van der Waals surface area contributed by atoms with Crippen molar-refractivity contribution in [2.75, 3.05) is 0 Å². The van der Waals surface area contributed by atoms with Crippen molar-refractivity contribution in [3.8, 4) is 22.7 Å². The fourth-order valence-electron chi connectivity index (χ4n) is 2.61. The maximum atomic E-state index is 13.8. The van der Waals surface area contributed by atoms with Gasteiger partial charge in [-0.3, -0.25) is 4.79 Å². The second kappa shape index (κ2) is 8.61. The second-order valence-corrected chi connectivity index (χ2v) is 6.27. The Bertz CT molecular complexity index is 1250. The van der Waals surface area contributed by atoms with Crippen molar-refractivity contribution >= 4 is 12.1 Å². The van der Waals surface area contributed by atoms with E-state index in [9.17, 15) is 18.0 Å². The SMILES string of the molecule is O=C(Cn1nnc(-c2ccc(F)cc2)n1)N/N=C\c1ccc(-c2ccc(F)cc2F)o1. The van der Waals surface area contributed by atoms with Crippen LogP contribution >= 0.6 is 0 Å². The van der Waals surface area contributed by atoms with Crippen molar-refractivity contribution in [2.24, 2.45) is 5.10 Å². The average molecular weight is 426 g/mol. The molecule has 0 saturated heterocycles. The first-order valence-electron chi connectivity index (χ1n) is 8.89. The first-order valence-corrected chi connectivity index (χ1v) is 8.89. The number of rotatable bonds is 6. The molecule has 2 aromatic heterocycles. The highest BCUT2D eigenvalue weighted by atomic mass is 19.1. The zero-order valence-corrected chi connectivity index (χ0v) is 15.7. The predicted molar refractivity (Wildman–Crippen MR) is 103 cm³/mol. The number of tetrazole rings is 1. The molecular formula is C20H13F3N6O2. The Morgan fingerprint density at radius 1 is 1.06 bits per heavy atom. The second-order valence-electron chi connectivity index (χ2n) is 6.27. The molecule has 2 aromatic carbocycles. The van der Waals surface area contributed by atoms with E-state index in [4.69, 9.17) is 4.42 Å². The van der Waals surface area contributed by atoms with Crippen molar-refractivity contribution in [3.05, 3.63) is 77.8 Å². The Hall–Kier alpha value is -4.28. The van der Waals surface area contributed by atoms with E-state index in [0.29, 0.717) is 5.56 Å². The first kappa shape index (κ1) is 20.0. The fraction of sp³-hybridized carbons (Fsp3) is 0.0500. The van der Waals surface area contributed by atoms with Crippen molar-refractivity contribution in [1.82, 2.24) is 25.6 Å². The van der Waals surface area contributed by atoms with Gasteiger partial charge in [-0.15, -0.1) is 10.2 Å². The summed E-state index contributed by atoms with van der Waals surface area (Å²) in [5.41, 5.74) is 2.92. The molecule has 0 spiro atoms.